The van der Waals surface area contributed by atoms with E-state index < -0.39 is 5.91 Å². The second kappa shape index (κ2) is 11.5. The fourth-order valence-electron chi connectivity index (χ4n) is 3.49. The quantitative estimate of drug-likeness (QED) is 0.260. The van der Waals surface area contributed by atoms with Crippen LogP contribution in [0.15, 0.2) is 64.6 Å². The van der Waals surface area contributed by atoms with Crippen LogP contribution in [0.4, 0.5) is 5.69 Å². The van der Waals surface area contributed by atoms with Crippen LogP contribution in [0.1, 0.15) is 34.7 Å². The van der Waals surface area contributed by atoms with Crippen LogP contribution in [0.2, 0.25) is 0 Å². The van der Waals surface area contributed by atoms with E-state index in [1.165, 1.54) is 6.08 Å². The number of halogens is 1. The molecule has 174 valence electrons. The van der Waals surface area contributed by atoms with Gasteiger partial charge in [-0.2, -0.15) is 5.26 Å². The summed E-state index contributed by atoms with van der Waals surface area (Å²) in [4.78, 5) is 12.8. The lowest BCUT2D eigenvalue weighted by Gasteiger charge is -2.15. The van der Waals surface area contributed by atoms with Crippen molar-refractivity contribution in [1.29, 1.82) is 5.26 Å². The maximum absolute atomic E-state index is 12.8. The zero-order chi connectivity index (χ0) is 24.7. The second-order valence-corrected chi connectivity index (χ2v) is 8.84. The molecule has 5 nitrogen and oxygen atoms in total. The number of benzene rings is 3. The van der Waals surface area contributed by atoms with Gasteiger partial charge in [0.05, 0.1) is 11.1 Å². The Kier molecular flexibility index (Phi) is 8.50. The zero-order valence-electron chi connectivity index (χ0n) is 19.7. The third kappa shape index (κ3) is 6.49. The summed E-state index contributed by atoms with van der Waals surface area (Å²) in [6, 6.07) is 19.4. The molecule has 0 bridgehead atoms. The van der Waals surface area contributed by atoms with Gasteiger partial charge in [0.15, 0.2) is 11.5 Å². The first kappa shape index (κ1) is 25.1. The van der Waals surface area contributed by atoms with Gasteiger partial charge >= 0.3 is 0 Å². The van der Waals surface area contributed by atoms with E-state index in [1.807, 2.05) is 70.2 Å². The van der Waals surface area contributed by atoms with E-state index in [4.69, 9.17) is 9.47 Å². The number of nitriles is 1. The van der Waals surface area contributed by atoms with Crippen LogP contribution in [0, 0.1) is 32.1 Å². The Balaban J connectivity index is 1.86. The number of nitrogens with one attached hydrogen (secondary N) is 1. The predicted octanol–water partition coefficient (Wildman–Crippen LogP) is 6.90. The largest absolute Gasteiger partial charge is 0.490 e. The molecule has 3 aromatic carbocycles. The van der Waals surface area contributed by atoms with E-state index in [1.54, 1.807) is 12.1 Å². The zero-order valence-corrected chi connectivity index (χ0v) is 21.3. The molecule has 1 amide bonds. The normalized spacial score (nSPS) is 11.0. The van der Waals surface area contributed by atoms with E-state index in [-0.39, 0.29) is 5.57 Å². The molecular weight excluding hydrogens is 492 g/mol. The van der Waals surface area contributed by atoms with Gasteiger partial charge in [-0.25, -0.2) is 0 Å². The van der Waals surface area contributed by atoms with Crippen molar-refractivity contribution in [1.82, 2.24) is 0 Å². The number of anilines is 1. The Bertz CT molecular complexity index is 1280. The van der Waals surface area contributed by atoms with Gasteiger partial charge in [-0.1, -0.05) is 47.5 Å². The van der Waals surface area contributed by atoms with Crippen molar-refractivity contribution in [3.63, 3.8) is 0 Å². The van der Waals surface area contributed by atoms with Crippen LogP contribution in [0.3, 0.4) is 0 Å². The summed E-state index contributed by atoms with van der Waals surface area (Å²) in [6.45, 7) is 8.66. The highest BCUT2D eigenvalue weighted by atomic mass is 79.9. The summed E-state index contributed by atoms with van der Waals surface area (Å²) < 4.78 is 12.5. The first-order valence-corrected chi connectivity index (χ1v) is 11.7. The highest BCUT2D eigenvalue weighted by molar-refractivity contribution is 9.10. The minimum absolute atomic E-state index is 0.0113. The van der Waals surface area contributed by atoms with Crippen molar-refractivity contribution in [2.45, 2.75) is 34.3 Å². The lowest BCUT2D eigenvalue weighted by atomic mass is 10.1. The molecule has 0 heterocycles. The summed E-state index contributed by atoms with van der Waals surface area (Å²) in [5, 5.41) is 12.5. The van der Waals surface area contributed by atoms with Gasteiger partial charge in [0.1, 0.15) is 18.2 Å². The Morgan fingerprint density at radius 3 is 2.50 bits per heavy atom. The van der Waals surface area contributed by atoms with E-state index in [0.29, 0.717) is 40.4 Å². The van der Waals surface area contributed by atoms with Crippen LogP contribution in [0.5, 0.6) is 11.5 Å². The number of carbonyl (C=O) groups is 1. The maximum atomic E-state index is 12.8. The molecule has 0 aromatic heterocycles. The van der Waals surface area contributed by atoms with Crippen molar-refractivity contribution in [3.8, 4) is 17.6 Å². The molecule has 0 spiro atoms. The molecule has 0 unspecified atom stereocenters. The highest BCUT2D eigenvalue weighted by Crippen LogP contribution is 2.38. The lowest BCUT2D eigenvalue weighted by Crippen LogP contribution is -2.14. The molecule has 0 saturated carbocycles. The molecule has 34 heavy (non-hydrogen) atoms. The number of ether oxygens (including phenoxy) is 2. The van der Waals surface area contributed by atoms with Gasteiger partial charge < -0.3 is 14.8 Å². The summed E-state index contributed by atoms with van der Waals surface area (Å²) in [6.07, 6.45) is 1.54. The molecule has 0 fully saturated rings. The van der Waals surface area contributed by atoms with E-state index in [0.717, 1.165) is 22.3 Å². The molecule has 6 heteroatoms. The first-order chi connectivity index (χ1) is 16.3. The third-order valence-corrected chi connectivity index (χ3v) is 5.69. The molecule has 0 aliphatic carbocycles. The van der Waals surface area contributed by atoms with Crippen molar-refractivity contribution >= 4 is 33.6 Å². The number of hydrogen-bond acceptors (Lipinski definition) is 4. The Labute approximate surface area is 209 Å². The standard InChI is InChI=1S/C28H27BrN2O3/c1-5-33-26-15-22(14-24(29)27(26)34-17-21-8-6-7-18(2)12-21)13-23(16-30)28(32)31-25-10-9-19(3)11-20(25)4/h6-15H,5,17H2,1-4H3,(H,31,32)/b23-13+. The van der Waals surface area contributed by atoms with E-state index in [2.05, 4.69) is 27.3 Å². The van der Waals surface area contributed by atoms with Crippen molar-refractivity contribution in [2.75, 3.05) is 11.9 Å². The fourth-order valence-corrected chi connectivity index (χ4v) is 4.06. The number of carbonyl (C=O) groups excluding carboxylic acids is 1. The average molecular weight is 519 g/mol. The molecule has 0 aliphatic rings. The van der Waals surface area contributed by atoms with E-state index in [9.17, 15) is 10.1 Å². The molecule has 3 rings (SSSR count). The third-order valence-electron chi connectivity index (χ3n) is 5.10. The van der Waals surface area contributed by atoms with Crippen molar-refractivity contribution in [2.24, 2.45) is 0 Å². The number of aryl methyl sites for hydroxylation is 3. The molecule has 0 atom stereocenters. The molecule has 3 aromatic rings. The number of nitrogens with zero attached hydrogens (tertiary/aromatic N) is 1. The summed E-state index contributed by atoms with van der Waals surface area (Å²) >= 11 is 3.56. The minimum Gasteiger partial charge on any atom is -0.490 e. The SMILES string of the molecule is CCOc1cc(/C=C(\C#N)C(=O)Nc2ccc(C)cc2C)cc(Br)c1OCc1cccc(C)c1. The van der Waals surface area contributed by atoms with E-state index >= 15 is 0 Å². The molecule has 1 N–H and O–H groups in total. The van der Waals surface area contributed by atoms with Crippen LogP contribution >= 0.6 is 15.9 Å². The van der Waals surface area contributed by atoms with Crippen molar-refractivity contribution in [3.05, 3.63) is 92.5 Å². The lowest BCUT2D eigenvalue weighted by molar-refractivity contribution is -0.112. The molecule has 0 radical (unpaired) electrons. The highest BCUT2D eigenvalue weighted by Gasteiger charge is 2.15. The Morgan fingerprint density at radius 2 is 1.82 bits per heavy atom. The predicted molar refractivity (Wildman–Crippen MR) is 139 cm³/mol. The first-order valence-electron chi connectivity index (χ1n) is 11.0. The van der Waals surface area contributed by atoms with Gasteiger partial charge in [0, 0.05) is 5.69 Å². The minimum atomic E-state index is -0.469. The topological polar surface area (TPSA) is 71.3 Å². The van der Waals surface area contributed by atoms with Gasteiger partial charge in [-0.3, -0.25) is 4.79 Å². The maximum Gasteiger partial charge on any atom is 0.266 e. The average Bonchev–Trinajstić information content (AvgIpc) is 2.79. The Morgan fingerprint density at radius 1 is 1.06 bits per heavy atom. The summed E-state index contributed by atoms with van der Waals surface area (Å²) in [5.74, 6) is 0.630. The number of rotatable bonds is 8. The van der Waals surface area contributed by atoms with Crippen LogP contribution in [-0.2, 0) is 11.4 Å². The number of hydrogen-bond donors (Lipinski definition) is 1. The molecule has 0 aliphatic heterocycles. The van der Waals surface area contributed by atoms with Crippen LogP contribution in [-0.4, -0.2) is 12.5 Å². The summed E-state index contributed by atoms with van der Waals surface area (Å²) in [7, 11) is 0. The molecular formula is C28H27BrN2O3. The molecule has 0 saturated heterocycles. The van der Waals surface area contributed by atoms with Gasteiger partial charge in [-0.15, -0.1) is 0 Å². The second-order valence-electron chi connectivity index (χ2n) is 7.98. The van der Waals surface area contributed by atoms with Crippen LogP contribution in [0.25, 0.3) is 6.08 Å². The van der Waals surface area contributed by atoms with Crippen molar-refractivity contribution < 1.29 is 14.3 Å². The van der Waals surface area contributed by atoms with Gasteiger partial charge in [0.2, 0.25) is 0 Å². The monoisotopic (exact) mass is 518 g/mol. The van der Waals surface area contributed by atoms with Crippen LogP contribution < -0.4 is 14.8 Å². The fraction of sp³-hybridized carbons (Fsp3) is 0.214. The number of amides is 1. The van der Waals surface area contributed by atoms with Gasteiger partial charge in [0.25, 0.3) is 5.91 Å². The smallest absolute Gasteiger partial charge is 0.266 e. The Hall–Kier alpha value is -3.56. The van der Waals surface area contributed by atoms with Gasteiger partial charge in [-0.05, 0) is 84.6 Å². The summed E-state index contributed by atoms with van der Waals surface area (Å²) in [5.41, 5.74) is 5.55.